The first-order valence-electron chi connectivity index (χ1n) is 7.19. The number of pyridine rings is 1. The largest absolute Gasteiger partial charge is 0.394 e. The molecule has 0 aromatic carbocycles. The zero-order valence-corrected chi connectivity index (χ0v) is 11.2. The summed E-state index contributed by atoms with van der Waals surface area (Å²) < 4.78 is 7.78. The number of hydrogen-bond donors (Lipinski definition) is 2. The van der Waals surface area contributed by atoms with Crippen molar-refractivity contribution in [1.29, 1.82) is 0 Å². The van der Waals surface area contributed by atoms with Crippen LogP contribution in [0, 0.1) is 0 Å². The van der Waals surface area contributed by atoms with Crippen LogP contribution in [0.25, 0.3) is 11.2 Å². The summed E-state index contributed by atoms with van der Waals surface area (Å²) in [5.74, 6) is 0. The molecule has 0 bridgehead atoms. The van der Waals surface area contributed by atoms with Gasteiger partial charge in [0.25, 0.3) is 0 Å². The Morgan fingerprint density at radius 1 is 1.30 bits per heavy atom. The maximum absolute atomic E-state index is 9.17. The zero-order chi connectivity index (χ0) is 13.5. The highest BCUT2D eigenvalue weighted by atomic mass is 16.5. The summed E-state index contributed by atoms with van der Waals surface area (Å²) in [4.78, 5) is 8.93. The van der Waals surface area contributed by atoms with Crippen molar-refractivity contribution in [2.24, 2.45) is 0 Å². The molecule has 0 unspecified atom stereocenters. The number of ether oxygens (including phenoxy) is 1. The quantitative estimate of drug-likeness (QED) is 0.887. The third-order valence-electron chi connectivity index (χ3n) is 4.00. The second kappa shape index (κ2) is 4.71. The molecule has 2 N–H and O–H groups in total. The van der Waals surface area contributed by atoms with Crippen LogP contribution in [0.3, 0.4) is 0 Å². The van der Waals surface area contributed by atoms with Gasteiger partial charge in [0.2, 0.25) is 0 Å². The monoisotopic (exact) mass is 274 g/mol. The normalized spacial score (nSPS) is 26.2. The fourth-order valence-electron chi connectivity index (χ4n) is 2.73. The van der Waals surface area contributed by atoms with E-state index in [1.807, 2.05) is 16.8 Å². The van der Waals surface area contributed by atoms with Gasteiger partial charge in [0.15, 0.2) is 5.65 Å². The van der Waals surface area contributed by atoms with Crippen molar-refractivity contribution < 1.29 is 9.84 Å². The lowest BCUT2D eigenvalue weighted by Crippen LogP contribution is -2.14. The Balaban J connectivity index is 1.67. The minimum atomic E-state index is -0.0687. The second-order valence-electron chi connectivity index (χ2n) is 5.57. The third-order valence-corrected chi connectivity index (χ3v) is 4.00. The maximum atomic E-state index is 9.17. The molecule has 2 aliphatic rings. The van der Waals surface area contributed by atoms with Crippen molar-refractivity contribution in [3.05, 3.63) is 18.6 Å². The third kappa shape index (κ3) is 2.05. The Hall–Kier alpha value is -1.66. The van der Waals surface area contributed by atoms with E-state index in [0.29, 0.717) is 6.04 Å². The second-order valence-corrected chi connectivity index (χ2v) is 5.57. The minimum absolute atomic E-state index is 0.0646. The van der Waals surface area contributed by atoms with Gasteiger partial charge in [0.05, 0.1) is 24.7 Å². The molecule has 106 valence electrons. The Morgan fingerprint density at radius 3 is 2.95 bits per heavy atom. The van der Waals surface area contributed by atoms with Crippen LogP contribution < -0.4 is 5.32 Å². The highest BCUT2D eigenvalue weighted by Crippen LogP contribution is 2.33. The molecule has 6 nitrogen and oxygen atoms in total. The van der Waals surface area contributed by atoms with Crippen LogP contribution in [0.1, 0.15) is 31.9 Å². The number of nitrogens with zero attached hydrogens (tertiary/aromatic N) is 3. The Labute approximate surface area is 116 Å². The number of aromatic nitrogens is 3. The molecular formula is C14H18N4O2. The standard InChI is InChI=1S/C14H18N4O2/c19-7-10-3-4-12(20-10)18-8-16-13-11(17-9-1-2-9)5-6-15-14(13)18/h5-6,8-10,12,19H,1-4,7H2,(H,15,17)/t10-,12+/m0/s1. The van der Waals surface area contributed by atoms with E-state index >= 15 is 0 Å². The summed E-state index contributed by atoms with van der Waals surface area (Å²) in [6.07, 6.45) is 7.69. The summed E-state index contributed by atoms with van der Waals surface area (Å²) in [7, 11) is 0. The fraction of sp³-hybridized carbons (Fsp3) is 0.571. The van der Waals surface area contributed by atoms with E-state index in [2.05, 4.69) is 15.3 Å². The maximum Gasteiger partial charge on any atom is 0.164 e. The Kier molecular flexibility index (Phi) is 2.85. The smallest absolute Gasteiger partial charge is 0.164 e. The van der Waals surface area contributed by atoms with E-state index in [9.17, 15) is 0 Å². The summed E-state index contributed by atoms with van der Waals surface area (Å²) in [6, 6.07) is 2.57. The first kappa shape index (κ1) is 12.1. The van der Waals surface area contributed by atoms with Crippen LogP contribution >= 0.6 is 0 Å². The van der Waals surface area contributed by atoms with Gasteiger partial charge in [-0.05, 0) is 31.7 Å². The highest BCUT2D eigenvalue weighted by molar-refractivity contribution is 5.85. The van der Waals surface area contributed by atoms with Crippen molar-refractivity contribution in [1.82, 2.24) is 14.5 Å². The van der Waals surface area contributed by atoms with Crippen LogP contribution in [0.15, 0.2) is 18.6 Å². The van der Waals surface area contributed by atoms with Gasteiger partial charge in [-0.3, -0.25) is 4.57 Å². The molecule has 2 fully saturated rings. The number of hydrogen-bond acceptors (Lipinski definition) is 5. The molecule has 20 heavy (non-hydrogen) atoms. The average Bonchev–Trinajstić information content (AvgIpc) is 3.01. The van der Waals surface area contributed by atoms with Gasteiger partial charge < -0.3 is 15.2 Å². The minimum Gasteiger partial charge on any atom is -0.394 e. The molecule has 0 spiro atoms. The van der Waals surface area contributed by atoms with Crippen LogP contribution in [0.2, 0.25) is 0 Å². The molecule has 2 aromatic rings. The van der Waals surface area contributed by atoms with E-state index in [1.54, 1.807) is 6.33 Å². The lowest BCUT2D eigenvalue weighted by atomic mass is 10.2. The van der Waals surface area contributed by atoms with Gasteiger partial charge in [-0.25, -0.2) is 9.97 Å². The number of aliphatic hydroxyl groups excluding tert-OH is 1. The predicted molar refractivity (Wildman–Crippen MR) is 74.4 cm³/mol. The summed E-state index contributed by atoms with van der Waals surface area (Å²) in [6.45, 7) is 0.0744. The van der Waals surface area contributed by atoms with Gasteiger partial charge in [0, 0.05) is 12.2 Å². The summed E-state index contributed by atoms with van der Waals surface area (Å²) in [5, 5.41) is 12.7. The topological polar surface area (TPSA) is 72.2 Å². The summed E-state index contributed by atoms with van der Waals surface area (Å²) in [5.41, 5.74) is 2.79. The molecule has 2 aromatic heterocycles. The molecule has 0 radical (unpaired) electrons. The highest BCUT2D eigenvalue weighted by Gasteiger charge is 2.28. The van der Waals surface area contributed by atoms with Gasteiger partial charge >= 0.3 is 0 Å². The van der Waals surface area contributed by atoms with E-state index in [4.69, 9.17) is 9.84 Å². The molecule has 2 atom stereocenters. The first-order valence-corrected chi connectivity index (χ1v) is 7.19. The number of aliphatic hydroxyl groups is 1. The van der Waals surface area contributed by atoms with Crippen LogP contribution in [0.4, 0.5) is 5.69 Å². The van der Waals surface area contributed by atoms with Crippen molar-refractivity contribution in [2.45, 2.75) is 44.1 Å². The molecule has 6 heteroatoms. The lowest BCUT2D eigenvalue weighted by Gasteiger charge is -2.14. The van der Waals surface area contributed by atoms with E-state index in [-0.39, 0.29) is 18.9 Å². The van der Waals surface area contributed by atoms with Gasteiger partial charge in [-0.15, -0.1) is 0 Å². The van der Waals surface area contributed by atoms with Crippen LogP contribution in [-0.2, 0) is 4.74 Å². The van der Waals surface area contributed by atoms with E-state index in [1.165, 1.54) is 12.8 Å². The van der Waals surface area contributed by atoms with Gasteiger partial charge in [-0.2, -0.15) is 0 Å². The predicted octanol–water partition coefficient (Wildman–Crippen LogP) is 1.68. The molecule has 0 amide bonds. The molecule has 1 saturated carbocycles. The zero-order valence-electron chi connectivity index (χ0n) is 11.2. The number of nitrogens with one attached hydrogen (secondary N) is 1. The number of fused-ring (bicyclic) bond motifs is 1. The number of rotatable bonds is 4. The molecule has 4 rings (SSSR count). The fourth-order valence-corrected chi connectivity index (χ4v) is 2.73. The SMILES string of the molecule is OC[C@@H]1CC[C@H](n2cnc3c(NC4CC4)ccnc32)O1. The first-order chi connectivity index (χ1) is 9.85. The summed E-state index contributed by atoms with van der Waals surface area (Å²) >= 11 is 0. The van der Waals surface area contributed by atoms with Crippen molar-refractivity contribution in [3.63, 3.8) is 0 Å². The lowest BCUT2D eigenvalue weighted by molar-refractivity contribution is -0.0207. The van der Waals surface area contributed by atoms with Crippen LogP contribution in [-0.4, -0.2) is 38.4 Å². The van der Waals surface area contributed by atoms with Gasteiger partial charge in [-0.1, -0.05) is 0 Å². The molecular weight excluding hydrogens is 256 g/mol. The molecule has 1 saturated heterocycles. The number of anilines is 1. The molecule has 1 aliphatic carbocycles. The molecule has 3 heterocycles. The molecule has 1 aliphatic heterocycles. The van der Waals surface area contributed by atoms with Crippen molar-refractivity contribution in [2.75, 3.05) is 11.9 Å². The Bertz CT molecular complexity index is 623. The average molecular weight is 274 g/mol. The van der Waals surface area contributed by atoms with Crippen molar-refractivity contribution in [3.8, 4) is 0 Å². The van der Waals surface area contributed by atoms with Crippen molar-refractivity contribution >= 4 is 16.9 Å². The van der Waals surface area contributed by atoms with E-state index in [0.717, 1.165) is 29.7 Å². The van der Waals surface area contributed by atoms with Gasteiger partial charge in [0.1, 0.15) is 11.7 Å². The van der Waals surface area contributed by atoms with Crippen LogP contribution in [0.5, 0.6) is 0 Å². The van der Waals surface area contributed by atoms with E-state index < -0.39 is 0 Å². The Morgan fingerprint density at radius 2 is 2.20 bits per heavy atom. The number of imidazole rings is 1.